The van der Waals surface area contributed by atoms with Gasteiger partial charge in [-0.25, -0.2) is 4.79 Å². The summed E-state index contributed by atoms with van der Waals surface area (Å²) in [6.07, 6.45) is 5.26. The molecule has 16 heavy (non-hydrogen) atoms. The normalized spacial score (nSPS) is 20.1. The fourth-order valence-electron chi connectivity index (χ4n) is 1.72. The summed E-state index contributed by atoms with van der Waals surface area (Å²) in [6, 6.07) is -0.723. The van der Waals surface area contributed by atoms with Gasteiger partial charge >= 0.3 is 6.03 Å². The first-order chi connectivity index (χ1) is 7.67. The highest BCUT2D eigenvalue weighted by atomic mass is 16.2. The SMILES string of the molecule is C=CCC1C(=O)N(CC=C)C(=O)N1CC=C. The van der Waals surface area contributed by atoms with Crippen molar-refractivity contribution >= 4 is 11.9 Å². The van der Waals surface area contributed by atoms with Gasteiger partial charge in [-0.3, -0.25) is 9.69 Å². The number of amides is 3. The molecule has 0 saturated carbocycles. The maximum absolute atomic E-state index is 11.9. The van der Waals surface area contributed by atoms with Gasteiger partial charge in [0.15, 0.2) is 0 Å². The average molecular weight is 220 g/mol. The second-order valence-electron chi connectivity index (χ2n) is 3.50. The van der Waals surface area contributed by atoms with Crippen molar-refractivity contribution in [1.29, 1.82) is 0 Å². The Kier molecular flexibility index (Phi) is 4.05. The van der Waals surface area contributed by atoms with Crippen molar-refractivity contribution in [2.24, 2.45) is 0 Å². The monoisotopic (exact) mass is 220 g/mol. The van der Waals surface area contributed by atoms with Crippen LogP contribution in [0.1, 0.15) is 6.42 Å². The summed E-state index contributed by atoms with van der Waals surface area (Å²) in [5, 5.41) is 0. The number of carbonyl (C=O) groups excluding carboxylic acids is 2. The zero-order valence-corrected chi connectivity index (χ0v) is 9.26. The molecule has 0 aromatic carbocycles. The van der Waals surface area contributed by atoms with E-state index in [1.807, 2.05) is 0 Å². The van der Waals surface area contributed by atoms with Gasteiger partial charge in [-0.2, -0.15) is 0 Å². The van der Waals surface area contributed by atoms with Crippen molar-refractivity contribution in [3.63, 3.8) is 0 Å². The van der Waals surface area contributed by atoms with Gasteiger partial charge < -0.3 is 4.90 Å². The first-order valence-corrected chi connectivity index (χ1v) is 5.12. The van der Waals surface area contributed by atoms with E-state index >= 15 is 0 Å². The average Bonchev–Trinajstić information content (AvgIpc) is 2.47. The van der Waals surface area contributed by atoms with Crippen LogP contribution in [0.5, 0.6) is 0 Å². The molecule has 1 unspecified atom stereocenters. The predicted molar refractivity (Wildman–Crippen MR) is 62.8 cm³/mol. The standard InChI is InChI=1S/C12H16N2O2/c1-4-7-10-11(15)14(9-6-3)12(16)13(10)8-5-2/h4-6,10H,1-3,7-9H2. The molecule has 1 heterocycles. The lowest BCUT2D eigenvalue weighted by atomic mass is 10.2. The molecule has 86 valence electrons. The van der Waals surface area contributed by atoms with Crippen molar-refractivity contribution in [1.82, 2.24) is 9.80 Å². The van der Waals surface area contributed by atoms with Crippen LogP contribution < -0.4 is 0 Å². The molecular weight excluding hydrogens is 204 g/mol. The molecule has 1 atom stereocenters. The fourth-order valence-corrected chi connectivity index (χ4v) is 1.72. The number of nitrogens with zero attached hydrogens (tertiary/aromatic N) is 2. The molecule has 3 amide bonds. The Hall–Kier alpha value is -1.84. The lowest BCUT2D eigenvalue weighted by Crippen LogP contribution is -2.35. The molecule has 1 aliphatic rings. The van der Waals surface area contributed by atoms with E-state index in [0.29, 0.717) is 13.0 Å². The molecule has 1 rings (SSSR count). The lowest BCUT2D eigenvalue weighted by molar-refractivity contribution is -0.127. The minimum Gasteiger partial charge on any atom is -0.308 e. The summed E-state index contributed by atoms with van der Waals surface area (Å²) in [7, 11) is 0. The quantitative estimate of drug-likeness (QED) is 0.503. The van der Waals surface area contributed by atoms with Crippen LogP contribution in [0.25, 0.3) is 0 Å². The fraction of sp³-hybridized carbons (Fsp3) is 0.333. The van der Waals surface area contributed by atoms with Crippen molar-refractivity contribution in [2.45, 2.75) is 12.5 Å². The molecule has 0 aliphatic carbocycles. The molecule has 0 bridgehead atoms. The highest BCUT2D eigenvalue weighted by Crippen LogP contribution is 2.20. The van der Waals surface area contributed by atoms with E-state index in [9.17, 15) is 9.59 Å². The van der Waals surface area contributed by atoms with Crippen molar-refractivity contribution in [3.05, 3.63) is 38.0 Å². The maximum Gasteiger partial charge on any atom is 0.328 e. The van der Waals surface area contributed by atoms with Crippen molar-refractivity contribution in [2.75, 3.05) is 13.1 Å². The van der Waals surface area contributed by atoms with Gasteiger partial charge in [0.2, 0.25) is 0 Å². The number of urea groups is 1. The number of hydrogen-bond donors (Lipinski definition) is 0. The van der Waals surface area contributed by atoms with Crippen LogP contribution in [-0.2, 0) is 4.79 Å². The smallest absolute Gasteiger partial charge is 0.308 e. The molecule has 4 heteroatoms. The first-order valence-electron chi connectivity index (χ1n) is 5.12. The van der Waals surface area contributed by atoms with Gasteiger partial charge in [-0.15, -0.1) is 19.7 Å². The van der Waals surface area contributed by atoms with Crippen LogP contribution in [0, 0.1) is 0 Å². The minimum absolute atomic E-state index is 0.188. The molecule has 1 aliphatic heterocycles. The Morgan fingerprint density at radius 3 is 2.19 bits per heavy atom. The van der Waals surface area contributed by atoms with E-state index in [2.05, 4.69) is 19.7 Å². The molecule has 1 fully saturated rings. The van der Waals surface area contributed by atoms with Gasteiger partial charge in [0.25, 0.3) is 5.91 Å². The number of hydrogen-bond acceptors (Lipinski definition) is 2. The zero-order chi connectivity index (χ0) is 12.1. The Morgan fingerprint density at radius 2 is 1.69 bits per heavy atom. The van der Waals surface area contributed by atoms with Gasteiger partial charge in [-0.05, 0) is 6.42 Å². The Morgan fingerprint density at radius 1 is 1.06 bits per heavy atom. The second kappa shape index (κ2) is 5.30. The van der Waals surface area contributed by atoms with E-state index < -0.39 is 6.04 Å². The Bertz CT molecular complexity index is 308. The largest absolute Gasteiger partial charge is 0.328 e. The second-order valence-corrected chi connectivity index (χ2v) is 3.50. The third-order valence-corrected chi connectivity index (χ3v) is 2.43. The minimum atomic E-state index is -0.442. The summed E-state index contributed by atoms with van der Waals surface area (Å²) >= 11 is 0. The maximum atomic E-state index is 11.9. The van der Waals surface area contributed by atoms with Crippen molar-refractivity contribution in [3.8, 4) is 0 Å². The number of rotatable bonds is 6. The summed E-state index contributed by atoms with van der Waals surface area (Å²) in [4.78, 5) is 26.5. The van der Waals surface area contributed by atoms with Gasteiger partial charge in [0, 0.05) is 13.1 Å². The summed E-state index contributed by atoms with van der Waals surface area (Å²) in [5.74, 6) is -0.188. The summed E-state index contributed by atoms with van der Waals surface area (Å²) in [5.41, 5.74) is 0. The van der Waals surface area contributed by atoms with E-state index in [1.54, 1.807) is 12.2 Å². The Balaban J connectivity index is 2.92. The van der Waals surface area contributed by atoms with Gasteiger partial charge in [0.1, 0.15) is 6.04 Å². The summed E-state index contributed by atoms with van der Waals surface area (Å²) in [6.45, 7) is 11.3. The third kappa shape index (κ3) is 2.05. The molecule has 0 aromatic rings. The van der Waals surface area contributed by atoms with Gasteiger partial charge in [-0.1, -0.05) is 18.2 Å². The third-order valence-electron chi connectivity index (χ3n) is 2.43. The highest BCUT2D eigenvalue weighted by Gasteiger charge is 2.42. The molecule has 0 radical (unpaired) electrons. The number of imide groups is 1. The first kappa shape index (κ1) is 12.2. The van der Waals surface area contributed by atoms with Crippen LogP contribution in [-0.4, -0.2) is 40.9 Å². The van der Waals surface area contributed by atoms with E-state index in [1.165, 1.54) is 15.9 Å². The molecule has 4 nitrogen and oxygen atoms in total. The van der Waals surface area contributed by atoms with E-state index in [-0.39, 0.29) is 18.5 Å². The highest BCUT2D eigenvalue weighted by molar-refractivity contribution is 6.04. The van der Waals surface area contributed by atoms with Crippen LogP contribution >= 0.6 is 0 Å². The van der Waals surface area contributed by atoms with Crippen LogP contribution in [0.2, 0.25) is 0 Å². The van der Waals surface area contributed by atoms with Crippen molar-refractivity contribution < 1.29 is 9.59 Å². The topological polar surface area (TPSA) is 40.6 Å². The number of carbonyl (C=O) groups is 2. The molecular formula is C12H16N2O2. The predicted octanol–water partition coefficient (Wildman–Crippen LogP) is 1.57. The summed E-state index contributed by atoms with van der Waals surface area (Å²) < 4.78 is 0. The lowest BCUT2D eigenvalue weighted by Gasteiger charge is -2.18. The van der Waals surface area contributed by atoms with Gasteiger partial charge in [0.05, 0.1) is 0 Å². The van der Waals surface area contributed by atoms with Crippen LogP contribution in [0.15, 0.2) is 38.0 Å². The molecule has 0 spiro atoms. The zero-order valence-electron chi connectivity index (χ0n) is 9.26. The van der Waals surface area contributed by atoms with Crippen LogP contribution in [0.3, 0.4) is 0 Å². The van der Waals surface area contributed by atoms with Crippen LogP contribution in [0.4, 0.5) is 4.79 Å². The van der Waals surface area contributed by atoms with E-state index in [0.717, 1.165) is 0 Å². The van der Waals surface area contributed by atoms with E-state index in [4.69, 9.17) is 0 Å². The molecule has 1 saturated heterocycles. The molecule has 0 aromatic heterocycles. The Labute approximate surface area is 95.5 Å². The molecule has 0 N–H and O–H groups in total.